The Morgan fingerprint density at radius 3 is 2.36 bits per heavy atom. The van der Waals surface area contributed by atoms with E-state index < -0.39 is 22.5 Å². The van der Waals surface area contributed by atoms with Crippen LogP contribution in [0.3, 0.4) is 0 Å². The van der Waals surface area contributed by atoms with E-state index in [1.165, 1.54) is 43.3 Å². The Morgan fingerprint density at radius 1 is 1.16 bits per heavy atom. The van der Waals surface area contributed by atoms with Gasteiger partial charge in [-0.3, -0.25) is 19.7 Å². The molecule has 0 spiro atoms. The van der Waals surface area contributed by atoms with Crippen molar-refractivity contribution in [2.75, 3.05) is 0 Å². The van der Waals surface area contributed by atoms with Crippen LogP contribution in [0.2, 0.25) is 5.02 Å². The number of carbonyl (C=O) groups is 2. The summed E-state index contributed by atoms with van der Waals surface area (Å²) in [7, 11) is 0. The van der Waals surface area contributed by atoms with E-state index in [0.29, 0.717) is 15.9 Å². The number of nitro groups is 1. The quantitative estimate of drug-likeness (QED) is 0.436. The molecule has 0 unspecified atom stereocenters. The van der Waals surface area contributed by atoms with Crippen LogP contribution in [-0.2, 0) is 0 Å². The van der Waals surface area contributed by atoms with E-state index in [1.807, 2.05) is 0 Å². The Morgan fingerprint density at radius 2 is 1.80 bits per heavy atom. The van der Waals surface area contributed by atoms with Crippen molar-refractivity contribution < 1.29 is 19.6 Å². The lowest BCUT2D eigenvalue weighted by Crippen LogP contribution is -2.06. The number of aromatic nitrogens is 1. The third-order valence-corrected chi connectivity index (χ3v) is 4.02. The highest BCUT2D eigenvalue weighted by Gasteiger charge is 2.25. The monoisotopic (exact) mass is 358 g/mol. The van der Waals surface area contributed by atoms with Gasteiger partial charge in [0.2, 0.25) is 11.8 Å². The second kappa shape index (κ2) is 6.03. The average Bonchev–Trinajstić information content (AvgIpc) is 2.85. The number of hydrogen-bond donors (Lipinski definition) is 1. The molecule has 7 nitrogen and oxygen atoms in total. The molecule has 3 rings (SSSR count). The maximum absolute atomic E-state index is 12.8. The Hall–Kier alpha value is -3.19. The molecule has 126 valence electrons. The Labute approximate surface area is 146 Å². The molecule has 1 heterocycles. The highest BCUT2D eigenvalue weighted by Crippen LogP contribution is 2.34. The zero-order valence-electron chi connectivity index (χ0n) is 12.9. The van der Waals surface area contributed by atoms with Gasteiger partial charge in [0.15, 0.2) is 5.78 Å². The molecule has 0 radical (unpaired) electrons. The van der Waals surface area contributed by atoms with E-state index in [4.69, 9.17) is 11.6 Å². The predicted molar refractivity (Wildman–Crippen MR) is 91.4 cm³/mol. The first-order chi connectivity index (χ1) is 11.8. The van der Waals surface area contributed by atoms with Gasteiger partial charge in [0.05, 0.1) is 16.0 Å². The second-order valence-electron chi connectivity index (χ2n) is 5.35. The molecule has 0 aliphatic carbocycles. The molecule has 0 amide bonds. The van der Waals surface area contributed by atoms with Crippen molar-refractivity contribution >= 4 is 39.9 Å². The van der Waals surface area contributed by atoms with Gasteiger partial charge in [0.25, 0.3) is 5.69 Å². The van der Waals surface area contributed by atoms with E-state index in [9.17, 15) is 24.8 Å². The fraction of sp³-hybridized carbons (Fsp3) is 0.0588. The zero-order chi connectivity index (χ0) is 18.3. The Kier molecular flexibility index (Phi) is 4.02. The van der Waals surface area contributed by atoms with E-state index in [2.05, 4.69) is 0 Å². The molecule has 0 aliphatic rings. The van der Waals surface area contributed by atoms with E-state index in [-0.39, 0.29) is 16.8 Å². The van der Waals surface area contributed by atoms with Gasteiger partial charge in [-0.15, -0.1) is 0 Å². The molecule has 3 aromatic rings. The van der Waals surface area contributed by atoms with Gasteiger partial charge in [-0.2, -0.15) is 0 Å². The molecule has 25 heavy (non-hydrogen) atoms. The van der Waals surface area contributed by atoms with Crippen molar-refractivity contribution in [2.24, 2.45) is 0 Å². The maximum atomic E-state index is 12.8. The van der Waals surface area contributed by atoms with Gasteiger partial charge in [-0.05, 0) is 24.3 Å². The summed E-state index contributed by atoms with van der Waals surface area (Å²) in [6.45, 7) is 1.25. The molecule has 2 aromatic carbocycles. The number of halogens is 1. The number of nitro benzene ring substituents is 1. The summed E-state index contributed by atoms with van der Waals surface area (Å²) in [5.41, 5.74) is 0.246. The molecule has 0 fully saturated rings. The van der Waals surface area contributed by atoms with Crippen LogP contribution < -0.4 is 0 Å². The number of benzene rings is 2. The highest BCUT2D eigenvalue weighted by atomic mass is 35.5. The van der Waals surface area contributed by atoms with Gasteiger partial charge < -0.3 is 5.11 Å². The van der Waals surface area contributed by atoms with Gasteiger partial charge in [-0.1, -0.05) is 17.7 Å². The van der Waals surface area contributed by atoms with Gasteiger partial charge >= 0.3 is 0 Å². The summed E-state index contributed by atoms with van der Waals surface area (Å²) >= 11 is 5.95. The first-order valence-electron chi connectivity index (χ1n) is 7.14. The lowest BCUT2D eigenvalue weighted by atomic mass is 10.0. The fourth-order valence-corrected chi connectivity index (χ4v) is 2.84. The van der Waals surface area contributed by atoms with Crippen LogP contribution in [0.4, 0.5) is 5.69 Å². The van der Waals surface area contributed by atoms with Crippen molar-refractivity contribution in [1.29, 1.82) is 0 Å². The first kappa shape index (κ1) is 16.7. The molecule has 1 N–H and O–H groups in total. The third kappa shape index (κ3) is 2.74. The van der Waals surface area contributed by atoms with E-state index in [1.54, 1.807) is 6.07 Å². The van der Waals surface area contributed by atoms with E-state index in [0.717, 1.165) is 4.57 Å². The number of non-ortho nitro benzene ring substituents is 1. The largest absolute Gasteiger partial charge is 0.494 e. The standard InChI is InChI=1S/C17H11ClN2O5/c1-9(21)19-14-8-11(18)4-7-13(14)15(17(19)23)16(22)10-2-5-12(6-3-10)20(24)25/h2-8,23H,1H3. The topological polar surface area (TPSA) is 102 Å². The van der Waals surface area contributed by atoms with Crippen LogP contribution in [0.15, 0.2) is 42.5 Å². The number of rotatable bonds is 3. The van der Waals surface area contributed by atoms with Crippen LogP contribution in [0.1, 0.15) is 27.6 Å². The molecule has 0 saturated carbocycles. The molecule has 0 bridgehead atoms. The van der Waals surface area contributed by atoms with Crippen LogP contribution >= 0.6 is 11.6 Å². The van der Waals surface area contributed by atoms with Crippen LogP contribution in [0, 0.1) is 10.1 Å². The summed E-state index contributed by atoms with van der Waals surface area (Å²) in [6.07, 6.45) is 0. The average molecular weight is 359 g/mol. The summed E-state index contributed by atoms with van der Waals surface area (Å²) in [6, 6.07) is 9.55. The number of fused-ring (bicyclic) bond motifs is 1. The van der Waals surface area contributed by atoms with Crippen molar-refractivity contribution in [3.8, 4) is 5.88 Å². The number of hydrogen-bond acceptors (Lipinski definition) is 5. The number of nitrogens with zero attached hydrogens (tertiary/aromatic N) is 2. The van der Waals surface area contributed by atoms with Crippen molar-refractivity contribution in [3.63, 3.8) is 0 Å². The van der Waals surface area contributed by atoms with Gasteiger partial charge in [0.1, 0.15) is 0 Å². The SMILES string of the molecule is CC(=O)n1c(O)c(C(=O)c2ccc([N+](=O)[O-])cc2)c2ccc(Cl)cc21. The number of aromatic hydroxyl groups is 1. The summed E-state index contributed by atoms with van der Waals surface area (Å²) < 4.78 is 1.000. The summed E-state index contributed by atoms with van der Waals surface area (Å²) in [5.74, 6) is -1.53. The molecule has 0 atom stereocenters. The molecule has 1 aromatic heterocycles. The molecule has 0 aliphatic heterocycles. The zero-order valence-corrected chi connectivity index (χ0v) is 13.6. The van der Waals surface area contributed by atoms with Crippen LogP contribution in [-0.4, -0.2) is 26.3 Å². The number of carbonyl (C=O) groups excluding carboxylic acids is 2. The molecule has 8 heteroatoms. The Bertz CT molecular complexity index is 1040. The van der Waals surface area contributed by atoms with Gasteiger partial charge in [-0.25, -0.2) is 4.57 Å². The van der Waals surface area contributed by atoms with Gasteiger partial charge in [0, 0.05) is 35.0 Å². The second-order valence-corrected chi connectivity index (χ2v) is 5.78. The predicted octanol–water partition coefficient (Wildman–Crippen LogP) is 3.80. The molecular formula is C17H11ClN2O5. The number of ketones is 1. The van der Waals surface area contributed by atoms with Crippen molar-refractivity contribution in [2.45, 2.75) is 6.92 Å². The fourth-order valence-electron chi connectivity index (χ4n) is 2.67. The van der Waals surface area contributed by atoms with Crippen LogP contribution in [0.25, 0.3) is 10.9 Å². The van der Waals surface area contributed by atoms with Crippen molar-refractivity contribution in [1.82, 2.24) is 4.57 Å². The molecule has 0 saturated heterocycles. The Balaban J connectivity index is 2.21. The maximum Gasteiger partial charge on any atom is 0.269 e. The third-order valence-electron chi connectivity index (χ3n) is 3.79. The van der Waals surface area contributed by atoms with Crippen LogP contribution in [0.5, 0.6) is 5.88 Å². The van der Waals surface area contributed by atoms with Crippen molar-refractivity contribution in [3.05, 3.63) is 68.7 Å². The van der Waals surface area contributed by atoms with E-state index >= 15 is 0 Å². The highest BCUT2D eigenvalue weighted by molar-refractivity contribution is 6.31. The molecular weight excluding hydrogens is 348 g/mol. The lowest BCUT2D eigenvalue weighted by molar-refractivity contribution is -0.384. The summed E-state index contributed by atoms with van der Waals surface area (Å²) in [5, 5.41) is 21.8. The summed E-state index contributed by atoms with van der Waals surface area (Å²) in [4.78, 5) is 34.8. The smallest absolute Gasteiger partial charge is 0.269 e. The minimum atomic E-state index is -0.574. The minimum Gasteiger partial charge on any atom is -0.494 e. The minimum absolute atomic E-state index is 0.0595. The lowest BCUT2D eigenvalue weighted by Gasteiger charge is -2.02. The first-order valence-corrected chi connectivity index (χ1v) is 7.52. The normalized spacial score (nSPS) is 10.8.